The minimum Gasteiger partial charge on any atom is -0.379 e. The van der Waals surface area contributed by atoms with Crippen LogP contribution in [0.2, 0.25) is 0 Å². The van der Waals surface area contributed by atoms with E-state index in [0.717, 1.165) is 6.07 Å². The van der Waals surface area contributed by atoms with Gasteiger partial charge in [-0.3, -0.25) is 4.72 Å². The van der Waals surface area contributed by atoms with Gasteiger partial charge in [0.15, 0.2) is 0 Å². The van der Waals surface area contributed by atoms with Crippen molar-refractivity contribution in [1.82, 2.24) is 9.29 Å². The van der Waals surface area contributed by atoms with E-state index in [-0.39, 0.29) is 18.9 Å². The number of morpholine rings is 1. The second-order valence-corrected chi connectivity index (χ2v) is 5.13. The quantitative estimate of drug-likeness (QED) is 0.789. The molecule has 0 radical (unpaired) electrons. The molecule has 1 fully saturated rings. The highest BCUT2D eigenvalue weighted by Gasteiger charge is 2.24. The van der Waals surface area contributed by atoms with Gasteiger partial charge in [0.1, 0.15) is 5.82 Å². The molecule has 1 aromatic rings. The maximum Gasteiger partial charge on any atom is 0.302 e. The number of nitrogens with one attached hydrogen (secondary N) is 1. The first kappa shape index (κ1) is 12.2. The first-order chi connectivity index (χ1) is 8.08. The van der Waals surface area contributed by atoms with E-state index in [9.17, 15) is 12.8 Å². The summed E-state index contributed by atoms with van der Waals surface area (Å²) < 4.78 is 45.0. The van der Waals surface area contributed by atoms with Crippen molar-refractivity contribution in [3.8, 4) is 0 Å². The highest BCUT2D eigenvalue weighted by molar-refractivity contribution is 7.90. The van der Waals surface area contributed by atoms with Gasteiger partial charge in [0, 0.05) is 13.1 Å². The van der Waals surface area contributed by atoms with Gasteiger partial charge in [-0.2, -0.15) is 17.1 Å². The highest BCUT2D eigenvalue weighted by atomic mass is 32.2. The summed E-state index contributed by atoms with van der Waals surface area (Å²) in [6.07, 6.45) is 0. The second-order valence-electron chi connectivity index (χ2n) is 3.46. The van der Waals surface area contributed by atoms with Crippen LogP contribution in [0.1, 0.15) is 0 Å². The summed E-state index contributed by atoms with van der Waals surface area (Å²) in [7, 11) is -3.68. The number of rotatable bonds is 3. The van der Waals surface area contributed by atoms with E-state index >= 15 is 0 Å². The highest BCUT2D eigenvalue weighted by Crippen LogP contribution is 2.10. The molecule has 2 heterocycles. The Labute approximate surface area is 98.6 Å². The predicted molar refractivity (Wildman–Crippen MR) is 59.1 cm³/mol. The molecule has 6 nitrogen and oxygen atoms in total. The lowest BCUT2D eigenvalue weighted by Gasteiger charge is -2.26. The molecule has 0 aliphatic carbocycles. The number of nitrogens with zero attached hydrogens (tertiary/aromatic N) is 2. The average molecular weight is 261 g/mol. The van der Waals surface area contributed by atoms with Gasteiger partial charge in [0.05, 0.1) is 13.2 Å². The third-order valence-corrected chi connectivity index (χ3v) is 3.77. The van der Waals surface area contributed by atoms with Gasteiger partial charge < -0.3 is 4.74 Å². The van der Waals surface area contributed by atoms with Crippen molar-refractivity contribution in [3.05, 3.63) is 24.1 Å². The SMILES string of the molecule is O=S(=O)(Nc1cccc(F)n1)N1CCOCC1. The normalized spacial score (nSPS) is 17.9. The minimum atomic E-state index is -3.68. The molecule has 0 atom stereocenters. The van der Waals surface area contributed by atoms with E-state index in [0.29, 0.717) is 13.2 Å². The van der Waals surface area contributed by atoms with E-state index in [4.69, 9.17) is 4.74 Å². The topological polar surface area (TPSA) is 71.5 Å². The largest absolute Gasteiger partial charge is 0.379 e. The summed E-state index contributed by atoms with van der Waals surface area (Å²) >= 11 is 0. The van der Waals surface area contributed by atoms with Gasteiger partial charge in [-0.1, -0.05) is 6.07 Å². The maximum atomic E-state index is 12.8. The molecule has 1 aromatic heterocycles. The lowest BCUT2D eigenvalue weighted by molar-refractivity contribution is 0.0733. The van der Waals surface area contributed by atoms with Crippen LogP contribution >= 0.6 is 0 Å². The van der Waals surface area contributed by atoms with Crippen molar-refractivity contribution in [2.24, 2.45) is 0 Å². The van der Waals surface area contributed by atoms with E-state index in [1.807, 2.05) is 0 Å². The summed E-state index contributed by atoms with van der Waals surface area (Å²) in [5.41, 5.74) is 0. The molecule has 17 heavy (non-hydrogen) atoms. The molecule has 2 rings (SSSR count). The Morgan fingerprint density at radius 1 is 1.35 bits per heavy atom. The Bertz CT molecular complexity index is 488. The molecule has 0 unspecified atom stereocenters. The number of ether oxygens (including phenoxy) is 1. The molecule has 0 bridgehead atoms. The molecule has 0 saturated carbocycles. The van der Waals surface area contributed by atoms with Crippen molar-refractivity contribution in [2.45, 2.75) is 0 Å². The Kier molecular flexibility index (Phi) is 3.55. The van der Waals surface area contributed by atoms with Crippen molar-refractivity contribution in [3.63, 3.8) is 0 Å². The first-order valence-electron chi connectivity index (χ1n) is 5.06. The van der Waals surface area contributed by atoms with Crippen LogP contribution in [0.25, 0.3) is 0 Å². The van der Waals surface area contributed by atoms with Crippen LogP contribution in [0.15, 0.2) is 18.2 Å². The maximum absolute atomic E-state index is 12.8. The fourth-order valence-electron chi connectivity index (χ4n) is 1.45. The molecule has 0 aromatic carbocycles. The molecular formula is C9H12FN3O3S. The molecule has 1 aliphatic heterocycles. The van der Waals surface area contributed by atoms with Gasteiger partial charge >= 0.3 is 10.2 Å². The minimum absolute atomic E-state index is 0.0310. The Balaban J connectivity index is 2.11. The number of hydrogen-bond donors (Lipinski definition) is 1. The summed E-state index contributed by atoms with van der Waals surface area (Å²) in [4.78, 5) is 3.44. The number of anilines is 1. The van der Waals surface area contributed by atoms with Crippen molar-refractivity contribution < 1.29 is 17.5 Å². The lowest BCUT2D eigenvalue weighted by Crippen LogP contribution is -2.43. The van der Waals surface area contributed by atoms with Gasteiger partial charge in [-0.05, 0) is 12.1 Å². The van der Waals surface area contributed by atoms with Gasteiger partial charge in [0.25, 0.3) is 0 Å². The molecule has 1 N–H and O–H groups in total. The summed E-state index contributed by atoms with van der Waals surface area (Å²) in [6.45, 7) is 1.28. The first-order valence-corrected chi connectivity index (χ1v) is 6.50. The van der Waals surface area contributed by atoms with E-state index in [2.05, 4.69) is 9.71 Å². The average Bonchev–Trinajstić information content (AvgIpc) is 2.29. The third-order valence-electron chi connectivity index (χ3n) is 2.26. The van der Waals surface area contributed by atoms with E-state index in [1.54, 1.807) is 0 Å². The Morgan fingerprint density at radius 3 is 2.71 bits per heavy atom. The van der Waals surface area contributed by atoms with E-state index in [1.165, 1.54) is 16.4 Å². The van der Waals surface area contributed by atoms with Gasteiger partial charge in [0.2, 0.25) is 5.95 Å². The van der Waals surface area contributed by atoms with Crippen LogP contribution in [-0.2, 0) is 14.9 Å². The van der Waals surface area contributed by atoms with Crippen LogP contribution < -0.4 is 4.72 Å². The monoisotopic (exact) mass is 261 g/mol. The van der Waals surface area contributed by atoms with E-state index < -0.39 is 16.2 Å². The molecule has 0 spiro atoms. The van der Waals surface area contributed by atoms with Crippen LogP contribution in [0.4, 0.5) is 10.2 Å². The molecule has 8 heteroatoms. The molecule has 1 aliphatic rings. The van der Waals surface area contributed by atoms with Crippen molar-refractivity contribution >= 4 is 16.0 Å². The lowest BCUT2D eigenvalue weighted by atomic mass is 10.5. The molecule has 0 amide bonds. The molecular weight excluding hydrogens is 249 g/mol. The zero-order valence-corrected chi connectivity index (χ0v) is 9.78. The predicted octanol–water partition coefficient (Wildman–Crippen LogP) is 0.210. The summed E-state index contributed by atoms with van der Waals surface area (Å²) in [5.74, 6) is -0.760. The Morgan fingerprint density at radius 2 is 2.06 bits per heavy atom. The van der Waals surface area contributed by atoms with Crippen molar-refractivity contribution in [1.29, 1.82) is 0 Å². The number of halogens is 1. The van der Waals surface area contributed by atoms with Crippen molar-refractivity contribution in [2.75, 3.05) is 31.0 Å². The Hall–Kier alpha value is -1.25. The second kappa shape index (κ2) is 4.94. The van der Waals surface area contributed by atoms with Crippen LogP contribution in [0, 0.1) is 5.95 Å². The van der Waals surface area contributed by atoms with Crippen LogP contribution in [0.3, 0.4) is 0 Å². The van der Waals surface area contributed by atoms with Gasteiger partial charge in [-0.15, -0.1) is 0 Å². The number of aromatic nitrogens is 1. The zero-order chi connectivity index (χ0) is 12.3. The standard InChI is InChI=1S/C9H12FN3O3S/c10-8-2-1-3-9(11-8)12-17(14,15)13-4-6-16-7-5-13/h1-3H,4-7H2,(H,11,12). The molecule has 94 valence electrons. The molecule has 1 saturated heterocycles. The van der Waals surface area contributed by atoms with Crippen LogP contribution in [-0.4, -0.2) is 44.0 Å². The smallest absolute Gasteiger partial charge is 0.302 e. The fourth-order valence-corrected chi connectivity index (χ4v) is 2.59. The van der Waals surface area contributed by atoms with Crippen LogP contribution in [0.5, 0.6) is 0 Å². The fraction of sp³-hybridized carbons (Fsp3) is 0.444. The summed E-state index contributed by atoms with van der Waals surface area (Å²) in [5, 5.41) is 0. The number of pyridine rings is 1. The van der Waals surface area contributed by atoms with Gasteiger partial charge in [-0.25, -0.2) is 4.98 Å². The zero-order valence-electron chi connectivity index (χ0n) is 8.97. The third kappa shape index (κ3) is 3.11. The summed E-state index contributed by atoms with van der Waals surface area (Å²) in [6, 6.07) is 3.92. The number of hydrogen-bond acceptors (Lipinski definition) is 4.